The van der Waals surface area contributed by atoms with Crippen molar-refractivity contribution in [3.05, 3.63) is 78.4 Å². The number of esters is 1. The van der Waals surface area contributed by atoms with Crippen LogP contribution in [0.3, 0.4) is 0 Å². The van der Waals surface area contributed by atoms with Crippen molar-refractivity contribution < 1.29 is 19.1 Å². The van der Waals surface area contributed by atoms with E-state index >= 15 is 0 Å². The fraction of sp³-hybridized carbons (Fsp3) is 0.192. The minimum absolute atomic E-state index is 0.331. The van der Waals surface area contributed by atoms with E-state index in [0.717, 1.165) is 15.2 Å². The molecule has 33 heavy (non-hydrogen) atoms. The highest BCUT2D eigenvalue weighted by molar-refractivity contribution is 7.21. The average Bonchev–Trinajstić information content (AvgIpc) is 3.28. The molecule has 1 aromatic heterocycles. The Labute approximate surface area is 196 Å². The summed E-state index contributed by atoms with van der Waals surface area (Å²) in [6.45, 7) is 4.14. The molecule has 168 valence electrons. The van der Waals surface area contributed by atoms with Crippen molar-refractivity contribution in [3.8, 4) is 16.3 Å². The molecular formula is C26H24N2O4S. The fourth-order valence-corrected chi connectivity index (χ4v) is 4.42. The molecule has 0 spiro atoms. The van der Waals surface area contributed by atoms with Crippen LogP contribution in [-0.2, 0) is 9.53 Å². The van der Waals surface area contributed by atoms with Gasteiger partial charge in [0.05, 0.1) is 28.1 Å². The summed E-state index contributed by atoms with van der Waals surface area (Å²) in [5.41, 5.74) is 2.46. The van der Waals surface area contributed by atoms with Gasteiger partial charge in [0.2, 0.25) is 0 Å². The third-order valence-corrected chi connectivity index (χ3v) is 6.10. The van der Waals surface area contributed by atoms with Gasteiger partial charge in [0.25, 0.3) is 5.91 Å². The van der Waals surface area contributed by atoms with Crippen LogP contribution in [0, 0.1) is 0 Å². The molecule has 4 aromatic rings. The summed E-state index contributed by atoms with van der Waals surface area (Å²) in [6.07, 6.45) is -0.617. The van der Waals surface area contributed by atoms with Gasteiger partial charge in [-0.25, -0.2) is 9.78 Å². The molecule has 0 aliphatic rings. The number of carbonyl (C=O) groups is 2. The molecule has 1 N–H and O–H groups in total. The largest absolute Gasteiger partial charge is 0.492 e. The number of hydrogen-bond acceptors (Lipinski definition) is 6. The standard InChI is InChI=1S/C26H24N2O4S/c1-3-21(24(29)27-19-13-7-9-15-22(19)31-4-2)32-26(30)18-12-6-5-11-17(18)25-28-20-14-8-10-16-23(20)33-25/h5-16,21H,3-4H2,1-2H3,(H,27,29). The number of benzene rings is 3. The van der Waals surface area contributed by atoms with E-state index in [1.807, 2.05) is 49.4 Å². The summed E-state index contributed by atoms with van der Waals surface area (Å²) in [5, 5.41) is 3.54. The van der Waals surface area contributed by atoms with Crippen molar-refractivity contribution in [1.82, 2.24) is 4.98 Å². The summed E-state index contributed by atoms with van der Waals surface area (Å²) >= 11 is 1.51. The van der Waals surface area contributed by atoms with E-state index in [1.165, 1.54) is 11.3 Å². The number of para-hydroxylation sites is 3. The smallest absolute Gasteiger partial charge is 0.339 e. The maximum atomic E-state index is 13.1. The van der Waals surface area contributed by atoms with Crippen LogP contribution in [0.15, 0.2) is 72.8 Å². The quantitative estimate of drug-likeness (QED) is 0.330. The molecule has 1 amide bonds. The van der Waals surface area contributed by atoms with Crippen molar-refractivity contribution in [3.63, 3.8) is 0 Å². The first-order valence-electron chi connectivity index (χ1n) is 10.8. The summed E-state index contributed by atoms with van der Waals surface area (Å²) in [7, 11) is 0. The van der Waals surface area contributed by atoms with Crippen molar-refractivity contribution in [2.45, 2.75) is 26.4 Å². The SMILES string of the molecule is CCOc1ccccc1NC(=O)C(CC)OC(=O)c1ccccc1-c1nc2ccccc2s1. The van der Waals surface area contributed by atoms with Gasteiger partial charge in [-0.15, -0.1) is 11.3 Å². The maximum absolute atomic E-state index is 13.1. The third-order valence-electron chi connectivity index (χ3n) is 5.03. The summed E-state index contributed by atoms with van der Waals surface area (Å²) in [6, 6.07) is 22.1. The van der Waals surface area contributed by atoms with E-state index in [0.29, 0.717) is 35.6 Å². The Kier molecular flexibility index (Phi) is 7.00. The number of carbonyl (C=O) groups excluding carboxylic acids is 2. The first-order chi connectivity index (χ1) is 16.1. The number of nitrogens with one attached hydrogen (secondary N) is 1. The summed E-state index contributed by atoms with van der Waals surface area (Å²) in [5.74, 6) is -0.406. The van der Waals surface area contributed by atoms with Crippen LogP contribution in [0.1, 0.15) is 30.6 Å². The summed E-state index contributed by atoms with van der Waals surface area (Å²) in [4.78, 5) is 30.6. The molecule has 1 atom stereocenters. The van der Waals surface area contributed by atoms with Crippen LogP contribution in [0.4, 0.5) is 5.69 Å². The number of ether oxygens (including phenoxy) is 2. The molecule has 0 radical (unpaired) electrons. The fourth-order valence-electron chi connectivity index (χ4n) is 3.41. The van der Waals surface area contributed by atoms with E-state index in [9.17, 15) is 9.59 Å². The molecule has 1 unspecified atom stereocenters. The number of amides is 1. The first kappa shape index (κ1) is 22.5. The number of fused-ring (bicyclic) bond motifs is 1. The molecule has 6 nitrogen and oxygen atoms in total. The summed E-state index contributed by atoms with van der Waals surface area (Å²) < 4.78 is 12.2. The highest BCUT2D eigenvalue weighted by atomic mass is 32.1. The lowest BCUT2D eigenvalue weighted by Gasteiger charge is -2.18. The van der Waals surface area contributed by atoms with Gasteiger partial charge in [-0.05, 0) is 43.7 Å². The van der Waals surface area contributed by atoms with Crippen molar-refractivity contribution in [1.29, 1.82) is 0 Å². The molecule has 0 saturated carbocycles. The first-order valence-corrected chi connectivity index (χ1v) is 11.6. The molecule has 3 aromatic carbocycles. The minimum atomic E-state index is -0.949. The van der Waals surface area contributed by atoms with E-state index in [-0.39, 0.29) is 0 Å². The van der Waals surface area contributed by atoms with Crippen LogP contribution in [0.2, 0.25) is 0 Å². The number of hydrogen-bond donors (Lipinski definition) is 1. The van der Waals surface area contributed by atoms with E-state index in [2.05, 4.69) is 10.3 Å². The van der Waals surface area contributed by atoms with Gasteiger partial charge in [0.1, 0.15) is 10.8 Å². The lowest BCUT2D eigenvalue weighted by molar-refractivity contribution is -0.124. The van der Waals surface area contributed by atoms with Crippen LogP contribution in [0.5, 0.6) is 5.75 Å². The van der Waals surface area contributed by atoms with Crippen molar-refractivity contribution >= 4 is 39.1 Å². The highest BCUT2D eigenvalue weighted by Gasteiger charge is 2.25. The zero-order valence-electron chi connectivity index (χ0n) is 18.4. The zero-order chi connectivity index (χ0) is 23.2. The predicted molar refractivity (Wildman–Crippen MR) is 131 cm³/mol. The van der Waals surface area contributed by atoms with Crippen LogP contribution in [-0.4, -0.2) is 29.6 Å². The Morgan fingerprint density at radius 1 is 0.970 bits per heavy atom. The van der Waals surface area contributed by atoms with Gasteiger partial charge in [0.15, 0.2) is 6.10 Å². The van der Waals surface area contributed by atoms with Crippen molar-refractivity contribution in [2.24, 2.45) is 0 Å². The minimum Gasteiger partial charge on any atom is -0.492 e. The average molecular weight is 461 g/mol. The normalized spacial score (nSPS) is 11.7. The van der Waals surface area contributed by atoms with Gasteiger partial charge >= 0.3 is 5.97 Å². The van der Waals surface area contributed by atoms with Gasteiger partial charge in [-0.1, -0.05) is 49.4 Å². The molecule has 7 heteroatoms. The second kappa shape index (κ2) is 10.3. The Morgan fingerprint density at radius 3 is 2.48 bits per heavy atom. The lowest BCUT2D eigenvalue weighted by Crippen LogP contribution is -2.32. The van der Waals surface area contributed by atoms with Gasteiger partial charge in [-0.3, -0.25) is 4.79 Å². The van der Waals surface area contributed by atoms with Crippen LogP contribution >= 0.6 is 11.3 Å². The van der Waals surface area contributed by atoms with E-state index in [4.69, 9.17) is 9.47 Å². The Hall–Kier alpha value is -3.71. The number of rotatable bonds is 8. The molecule has 0 aliphatic carbocycles. The molecule has 4 rings (SSSR count). The molecule has 0 fully saturated rings. The highest BCUT2D eigenvalue weighted by Crippen LogP contribution is 2.32. The molecule has 0 saturated heterocycles. The van der Waals surface area contributed by atoms with Crippen molar-refractivity contribution in [2.75, 3.05) is 11.9 Å². The van der Waals surface area contributed by atoms with Crippen LogP contribution in [0.25, 0.3) is 20.8 Å². The Bertz CT molecular complexity index is 1250. The third kappa shape index (κ3) is 5.04. The van der Waals surface area contributed by atoms with Gasteiger partial charge in [0, 0.05) is 5.56 Å². The zero-order valence-corrected chi connectivity index (χ0v) is 19.2. The molecule has 1 heterocycles. The number of anilines is 1. The van der Waals surface area contributed by atoms with E-state index in [1.54, 1.807) is 37.3 Å². The Balaban J connectivity index is 1.54. The van der Waals surface area contributed by atoms with E-state index < -0.39 is 18.0 Å². The molecule has 0 bridgehead atoms. The Morgan fingerprint density at radius 2 is 1.70 bits per heavy atom. The second-order valence-corrected chi connectivity index (χ2v) is 8.28. The lowest BCUT2D eigenvalue weighted by atomic mass is 10.1. The molecular weight excluding hydrogens is 436 g/mol. The van der Waals surface area contributed by atoms with Gasteiger partial charge < -0.3 is 14.8 Å². The number of aromatic nitrogens is 1. The monoisotopic (exact) mass is 460 g/mol. The number of nitrogens with zero attached hydrogens (tertiary/aromatic N) is 1. The molecule has 0 aliphatic heterocycles. The topological polar surface area (TPSA) is 77.5 Å². The number of thiazole rings is 1. The van der Waals surface area contributed by atoms with Gasteiger partial charge in [-0.2, -0.15) is 0 Å². The maximum Gasteiger partial charge on any atom is 0.339 e. The second-order valence-electron chi connectivity index (χ2n) is 7.25. The predicted octanol–water partition coefficient (Wildman–Crippen LogP) is 5.94. The van der Waals surface area contributed by atoms with Crippen LogP contribution < -0.4 is 10.1 Å².